The highest BCUT2D eigenvalue weighted by Gasteiger charge is 2.25. The molecule has 4 heteroatoms. The van der Waals surface area contributed by atoms with Gasteiger partial charge in [-0.25, -0.2) is 8.78 Å². The molecule has 2 unspecified atom stereocenters. The Kier molecular flexibility index (Phi) is 5.49. The fourth-order valence-electron chi connectivity index (χ4n) is 3.09. The van der Waals surface area contributed by atoms with E-state index in [4.69, 9.17) is 5.73 Å². The number of hydrogen-bond donors (Lipinski definition) is 1. The molecule has 1 aliphatic rings. The lowest BCUT2D eigenvalue weighted by Gasteiger charge is -2.35. The maximum Gasteiger partial charge on any atom is 0.263 e. The summed E-state index contributed by atoms with van der Waals surface area (Å²) in [5.74, 6) is 0. The summed E-state index contributed by atoms with van der Waals surface area (Å²) >= 11 is 0. The lowest BCUT2D eigenvalue weighted by atomic mass is 10.0. The predicted molar refractivity (Wildman–Crippen MR) is 77.8 cm³/mol. The Balaban J connectivity index is 2.17. The molecule has 2 atom stereocenters. The Hall–Kier alpha value is -1.00. The molecule has 1 heterocycles. The normalized spacial score (nSPS) is 22.8. The van der Waals surface area contributed by atoms with E-state index in [2.05, 4.69) is 11.8 Å². The fourth-order valence-corrected chi connectivity index (χ4v) is 3.09. The molecular weight excluding hydrogens is 258 g/mol. The molecule has 0 saturated carbocycles. The monoisotopic (exact) mass is 282 g/mol. The van der Waals surface area contributed by atoms with Crippen LogP contribution in [0.1, 0.15) is 56.2 Å². The van der Waals surface area contributed by atoms with E-state index in [0.717, 1.165) is 12.1 Å². The Labute approximate surface area is 120 Å². The zero-order valence-corrected chi connectivity index (χ0v) is 12.1. The topological polar surface area (TPSA) is 29.3 Å². The molecule has 2 nitrogen and oxygen atoms in total. The number of likely N-dealkylation sites (tertiary alicyclic amines) is 1. The Morgan fingerprint density at radius 1 is 1.15 bits per heavy atom. The Bertz CT molecular complexity index is 405. The lowest BCUT2D eigenvalue weighted by molar-refractivity contribution is 0.148. The summed E-state index contributed by atoms with van der Waals surface area (Å²) in [5.41, 5.74) is 7.08. The predicted octanol–water partition coefficient (Wildman–Crippen LogP) is 3.89. The number of rotatable bonds is 4. The minimum atomic E-state index is -2.41. The van der Waals surface area contributed by atoms with Crippen LogP contribution in [0.4, 0.5) is 8.78 Å². The standard InChI is InChI=1S/C16H24F2N2/c1-12-5-3-2-4-10-20(12)15(11-19)13-6-8-14(9-7-13)16(17)18/h6-9,12,15-16H,2-5,10-11,19H2,1H3. The molecule has 0 spiro atoms. The average molecular weight is 282 g/mol. The van der Waals surface area contributed by atoms with Crippen molar-refractivity contribution in [3.8, 4) is 0 Å². The Morgan fingerprint density at radius 2 is 1.80 bits per heavy atom. The highest BCUT2D eigenvalue weighted by molar-refractivity contribution is 5.26. The Morgan fingerprint density at radius 3 is 2.40 bits per heavy atom. The summed E-state index contributed by atoms with van der Waals surface area (Å²) in [6.45, 7) is 3.81. The molecule has 1 fully saturated rings. The third-order valence-corrected chi connectivity index (χ3v) is 4.30. The summed E-state index contributed by atoms with van der Waals surface area (Å²) < 4.78 is 25.2. The molecule has 0 bridgehead atoms. The fraction of sp³-hybridized carbons (Fsp3) is 0.625. The summed E-state index contributed by atoms with van der Waals surface area (Å²) in [4.78, 5) is 2.43. The van der Waals surface area contributed by atoms with Gasteiger partial charge in [0.15, 0.2) is 0 Å². The van der Waals surface area contributed by atoms with Crippen LogP contribution < -0.4 is 5.73 Å². The molecule has 2 N–H and O–H groups in total. The van der Waals surface area contributed by atoms with E-state index in [0.29, 0.717) is 12.6 Å². The first-order chi connectivity index (χ1) is 9.63. The highest BCUT2D eigenvalue weighted by Crippen LogP contribution is 2.28. The first-order valence-electron chi connectivity index (χ1n) is 7.47. The van der Waals surface area contributed by atoms with Crippen LogP contribution in [0.3, 0.4) is 0 Å². The van der Waals surface area contributed by atoms with Crippen LogP contribution >= 0.6 is 0 Å². The van der Waals surface area contributed by atoms with Gasteiger partial charge >= 0.3 is 0 Å². The van der Waals surface area contributed by atoms with Gasteiger partial charge in [-0.2, -0.15) is 0 Å². The van der Waals surface area contributed by atoms with Gasteiger partial charge in [-0.15, -0.1) is 0 Å². The molecule has 2 rings (SSSR count). The van der Waals surface area contributed by atoms with Gasteiger partial charge in [0.2, 0.25) is 0 Å². The van der Waals surface area contributed by atoms with Crippen molar-refractivity contribution >= 4 is 0 Å². The van der Waals surface area contributed by atoms with E-state index in [-0.39, 0.29) is 11.6 Å². The zero-order valence-electron chi connectivity index (χ0n) is 12.1. The second-order valence-corrected chi connectivity index (χ2v) is 5.66. The number of benzene rings is 1. The van der Waals surface area contributed by atoms with E-state index < -0.39 is 6.43 Å². The van der Waals surface area contributed by atoms with Crippen molar-refractivity contribution in [1.29, 1.82) is 0 Å². The molecule has 0 aromatic heterocycles. The van der Waals surface area contributed by atoms with Gasteiger partial charge in [0.1, 0.15) is 0 Å². The summed E-state index contributed by atoms with van der Waals surface area (Å²) in [7, 11) is 0. The van der Waals surface area contributed by atoms with Crippen molar-refractivity contribution in [2.24, 2.45) is 5.73 Å². The van der Waals surface area contributed by atoms with Crippen LogP contribution in [0.15, 0.2) is 24.3 Å². The second kappa shape index (κ2) is 7.14. The van der Waals surface area contributed by atoms with Crippen LogP contribution in [0.5, 0.6) is 0 Å². The number of halogens is 2. The second-order valence-electron chi connectivity index (χ2n) is 5.66. The quantitative estimate of drug-likeness (QED) is 0.908. The summed E-state index contributed by atoms with van der Waals surface area (Å²) in [6, 6.07) is 7.28. The van der Waals surface area contributed by atoms with Crippen molar-refractivity contribution in [2.45, 2.75) is 51.1 Å². The zero-order chi connectivity index (χ0) is 14.5. The van der Waals surface area contributed by atoms with Gasteiger partial charge in [-0.3, -0.25) is 4.90 Å². The molecule has 1 saturated heterocycles. The van der Waals surface area contributed by atoms with Gasteiger partial charge in [0.25, 0.3) is 6.43 Å². The SMILES string of the molecule is CC1CCCCCN1C(CN)c1ccc(C(F)F)cc1. The van der Waals surface area contributed by atoms with Gasteiger partial charge < -0.3 is 5.73 Å². The molecule has 0 aliphatic carbocycles. The minimum absolute atomic E-state index is 0.0773. The number of hydrogen-bond acceptors (Lipinski definition) is 2. The lowest BCUT2D eigenvalue weighted by Crippen LogP contribution is -2.39. The average Bonchev–Trinajstić information content (AvgIpc) is 2.66. The summed E-state index contributed by atoms with van der Waals surface area (Å²) in [6.07, 6.45) is 2.50. The van der Waals surface area contributed by atoms with Crippen LogP contribution in [0.25, 0.3) is 0 Å². The molecular formula is C16H24F2N2. The third-order valence-electron chi connectivity index (χ3n) is 4.30. The van der Waals surface area contributed by atoms with Gasteiger partial charge in [-0.05, 0) is 31.9 Å². The van der Waals surface area contributed by atoms with E-state index >= 15 is 0 Å². The smallest absolute Gasteiger partial charge is 0.263 e. The molecule has 0 radical (unpaired) electrons. The highest BCUT2D eigenvalue weighted by atomic mass is 19.3. The molecule has 20 heavy (non-hydrogen) atoms. The molecule has 1 aliphatic heterocycles. The van der Waals surface area contributed by atoms with E-state index in [1.54, 1.807) is 12.1 Å². The van der Waals surface area contributed by atoms with Crippen LogP contribution in [-0.4, -0.2) is 24.0 Å². The van der Waals surface area contributed by atoms with Crippen molar-refractivity contribution in [2.75, 3.05) is 13.1 Å². The maximum atomic E-state index is 12.6. The van der Waals surface area contributed by atoms with Crippen molar-refractivity contribution < 1.29 is 8.78 Å². The molecule has 112 valence electrons. The number of alkyl halides is 2. The van der Waals surface area contributed by atoms with Crippen LogP contribution in [0, 0.1) is 0 Å². The molecule has 1 aromatic carbocycles. The van der Waals surface area contributed by atoms with E-state index in [1.165, 1.54) is 37.8 Å². The number of nitrogens with two attached hydrogens (primary N) is 1. The first-order valence-corrected chi connectivity index (χ1v) is 7.47. The van der Waals surface area contributed by atoms with Crippen LogP contribution in [0.2, 0.25) is 0 Å². The van der Waals surface area contributed by atoms with Crippen molar-refractivity contribution in [3.63, 3.8) is 0 Å². The van der Waals surface area contributed by atoms with Crippen molar-refractivity contribution in [1.82, 2.24) is 4.90 Å². The molecule has 1 aromatic rings. The first kappa shape index (κ1) is 15.4. The van der Waals surface area contributed by atoms with E-state index in [9.17, 15) is 8.78 Å². The maximum absolute atomic E-state index is 12.6. The number of nitrogens with zero attached hydrogens (tertiary/aromatic N) is 1. The third kappa shape index (κ3) is 3.55. The molecule has 0 amide bonds. The van der Waals surface area contributed by atoms with Gasteiger partial charge in [0, 0.05) is 24.2 Å². The van der Waals surface area contributed by atoms with Crippen LogP contribution in [-0.2, 0) is 0 Å². The van der Waals surface area contributed by atoms with Gasteiger partial charge in [0.05, 0.1) is 0 Å². The largest absolute Gasteiger partial charge is 0.329 e. The van der Waals surface area contributed by atoms with Gasteiger partial charge in [-0.1, -0.05) is 37.1 Å². The van der Waals surface area contributed by atoms with E-state index in [1.807, 2.05) is 0 Å². The summed E-state index contributed by atoms with van der Waals surface area (Å²) in [5, 5.41) is 0. The minimum Gasteiger partial charge on any atom is -0.329 e. The van der Waals surface area contributed by atoms with Crippen molar-refractivity contribution in [3.05, 3.63) is 35.4 Å².